The van der Waals surface area contributed by atoms with Crippen LogP contribution >= 0.6 is 0 Å². The van der Waals surface area contributed by atoms with E-state index >= 15 is 0 Å². The predicted molar refractivity (Wildman–Crippen MR) is 149 cm³/mol. The molecule has 6 aliphatic rings. The molecule has 4 heteroatoms. The van der Waals surface area contributed by atoms with Crippen molar-refractivity contribution in [3.8, 4) is 0 Å². The van der Waals surface area contributed by atoms with Crippen molar-refractivity contribution in [3.63, 3.8) is 0 Å². The van der Waals surface area contributed by atoms with E-state index in [0.29, 0.717) is 52.6 Å². The molecule has 1 aliphatic heterocycles. The van der Waals surface area contributed by atoms with E-state index < -0.39 is 0 Å². The Labute approximate surface area is 229 Å². The summed E-state index contributed by atoms with van der Waals surface area (Å²) in [5.74, 6) is 2.22. The molecule has 5 aliphatic carbocycles. The van der Waals surface area contributed by atoms with Gasteiger partial charge >= 0.3 is 0 Å². The number of carbonyl (C=O) groups excluding carboxylic acids is 1. The summed E-state index contributed by atoms with van der Waals surface area (Å²) < 4.78 is 6.84. The Morgan fingerprint density at radius 2 is 1.66 bits per heavy atom. The topological polar surface area (TPSA) is 58.6 Å². The summed E-state index contributed by atoms with van der Waals surface area (Å²) in [4.78, 5) is 12.8. The largest absolute Gasteiger partial charge is 0.393 e. The molecule has 4 nitrogen and oxygen atoms in total. The van der Waals surface area contributed by atoms with Crippen molar-refractivity contribution in [2.45, 2.75) is 123 Å². The Kier molecular flexibility index (Phi) is 5.60. The van der Waals surface area contributed by atoms with Gasteiger partial charge in [-0.25, -0.2) is 0 Å². The van der Waals surface area contributed by atoms with Gasteiger partial charge in [0.2, 0.25) is 5.91 Å². The van der Waals surface area contributed by atoms with Crippen molar-refractivity contribution < 1.29 is 14.6 Å². The Hall–Kier alpha value is -1.39. The first-order chi connectivity index (χ1) is 18.1. The van der Waals surface area contributed by atoms with E-state index in [1.54, 1.807) is 0 Å². The lowest BCUT2D eigenvalue weighted by Gasteiger charge is -2.63. The molecule has 1 amide bonds. The summed E-state index contributed by atoms with van der Waals surface area (Å²) in [7, 11) is 0. The monoisotopic (exact) mass is 519 g/mol. The average Bonchev–Trinajstić information content (AvgIpc) is 3.50. The Balaban J connectivity index is 1.06. The van der Waals surface area contributed by atoms with E-state index in [4.69, 9.17) is 4.74 Å². The number of rotatable bonds is 4. The van der Waals surface area contributed by atoms with Crippen LogP contribution in [0, 0.1) is 44.8 Å². The highest BCUT2D eigenvalue weighted by molar-refractivity contribution is 5.76. The van der Waals surface area contributed by atoms with Crippen LogP contribution in [0.2, 0.25) is 0 Å². The first kappa shape index (κ1) is 25.6. The van der Waals surface area contributed by atoms with Crippen LogP contribution in [0.1, 0.15) is 104 Å². The zero-order valence-electron chi connectivity index (χ0n) is 24.1. The highest BCUT2D eigenvalue weighted by atomic mass is 16.5. The molecule has 0 bridgehead atoms. The molecule has 7 rings (SSSR count). The van der Waals surface area contributed by atoms with Gasteiger partial charge in [0, 0.05) is 6.54 Å². The molecule has 1 aromatic carbocycles. The van der Waals surface area contributed by atoms with Crippen LogP contribution in [0.4, 0.5) is 0 Å². The summed E-state index contributed by atoms with van der Waals surface area (Å²) in [6.07, 6.45) is 13.1. The van der Waals surface area contributed by atoms with Crippen LogP contribution < -0.4 is 5.32 Å². The summed E-state index contributed by atoms with van der Waals surface area (Å²) in [6, 6.07) is 10.2. The second-order valence-electron chi connectivity index (χ2n) is 15.5. The molecule has 0 radical (unpaired) electrons. The van der Waals surface area contributed by atoms with Gasteiger partial charge in [-0.2, -0.15) is 0 Å². The highest BCUT2D eigenvalue weighted by Crippen LogP contribution is 2.89. The number of aliphatic hydroxyl groups is 1. The quantitative estimate of drug-likeness (QED) is 0.468. The summed E-state index contributed by atoms with van der Waals surface area (Å²) >= 11 is 0. The molecule has 10 atom stereocenters. The molecule has 2 spiro atoms. The van der Waals surface area contributed by atoms with Gasteiger partial charge in [0.15, 0.2) is 0 Å². The summed E-state index contributed by atoms with van der Waals surface area (Å²) in [5.41, 5.74) is 2.84. The van der Waals surface area contributed by atoms with Gasteiger partial charge in [0.1, 0.15) is 0 Å². The van der Waals surface area contributed by atoms with E-state index in [9.17, 15) is 9.90 Å². The van der Waals surface area contributed by atoms with Gasteiger partial charge in [0.25, 0.3) is 0 Å². The smallest absolute Gasteiger partial charge is 0.222 e. The zero-order chi connectivity index (χ0) is 26.6. The van der Waals surface area contributed by atoms with Crippen molar-refractivity contribution in [1.29, 1.82) is 0 Å². The molecular weight excluding hydrogens is 470 g/mol. The lowest BCUT2D eigenvalue weighted by atomic mass is 9.42. The fourth-order valence-corrected chi connectivity index (χ4v) is 12.1. The van der Waals surface area contributed by atoms with Crippen LogP contribution in [0.15, 0.2) is 30.3 Å². The van der Waals surface area contributed by atoms with E-state index in [2.05, 4.69) is 45.1 Å². The zero-order valence-corrected chi connectivity index (χ0v) is 24.1. The summed E-state index contributed by atoms with van der Waals surface area (Å²) in [5, 5.41) is 14.0. The van der Waals surface area contributed by atoms with E-state index in [0.717, 1.165) is 24.3 Å². The molecule has 208 valence electrons. The van der Waals surface area contributed by atoms with Crippen molar-refractivity contribution >= 4 is 5.91 Å². The van der Waals surface area contributed by atoms with Crippen LogP contribution in [0.5, 0.6) is 0 Å². The van der Waals surface area contributed by atoms with Crippen LogP contribution in [0.3, 0.4) is 0 Å². The molecule has 6 fully saturated rings. The second-order valence-corrected chi connectivity index (χ2v) is 15.5. The first-order valence-corrected chi connectivity index (χ1v) is 15.7. The molecule has 5 saturated carbocycles. The van der Waals surface area contributed by atoms with Gasteiger partial charge in [-0.1, -0.05) is 58.0 Å². The maximum atomic E-state index is 12.8. The van der Waals surface area contributed by atoms with Crippen LogP contribution in [0.25, 0.3) is 0 Å². The maximum absolute atomic E-state index is 12.8. The number of amides is 1. The predicted octanol–water partition coefficient (Wildman–Crippen LogP) is 6.65. The minimum atomic E-state index is -0.138. The third kappa shape index (κ3) is 3.25. The lowest BCUT2D eigenvalue weighted by molar-refractivity contribution is -0.161. The second kappa shape index (κ2) is 8.32. The van der Waals surface area contributed by atoms with E-state index in [1.807, 2.05) is 18.2 Å². The maximum Gasteiger partial charge on any atom is 0.222 e. The lowest BCUT2D eigenvalue weighted by Crippen LogP contribution is -2.57. The number of benzene rings is 1. The fraction of sp³-hybridized carbons (Fsp3) is 0.794. The highest BCUT2D eigenvalue weighted by Gasteiger charge is 2.82. The number of hydrogen-bond donors (Lipinski definition) is 2. The van der Waals surface area contributed by atoms with E-state index in [-0.39, 0.29) is 23.5 Å². The molecule has 3 unspecified atom stereocenters. The number of hydrogen-bond acceptors (Lipinski definition) is 3. The third-order valence-corrected chi connectivity index (χ3v) is 14.2. The van der Waals surface area contributed by atoms with Gasteiger partial charge < -0.3 is 15.2 Å². The van der Waals surface area contributed by atoms with Gasteiger partial charge in [0.05, 0.1) is 24.7 Å². The molecule has 38 heavy (non-hydrogen) atoms. The van der Waals surface area contributed by atoms with Gasteiger partial charge in [-0.05, 0) is 115 Å². The molecule has 1 heterocycles. The normalized spacial score (nSPS) is 50.0. The minimum absolute atomic E-state index is 0.0510. The van der Waals surface area contributed by atoms with Crippen molar-refractivity contribution in [2.75, 3.05) is 0 Å². The van der Waals surface area contributed by atoms with Gasteiger partial charge in [-0.3, -0.25) is 4.79 Å². The average molecular weight is 520 g/mol. The van der Waals surface area contributed by atoms with Crippen LogP contribution in [-0.4, -0.2) is 29.3 Å². The number of nitrogens with one attached hydrogen (secondary N) is 1. The molecular formula is C34H49NO3. The van der Waals surface area contributed by atoms with Crippen molar-refractivity contribution in [2.24, 2.45) is 44.8 Å². The Morgan fingerprint density at radius 1 is 0.921 bits per heavy atom. The Morgan fingerprint density at radius 3 is 2.45 bits per heavy atom. The standard InChI is InChI=1S/C34H49NO3/c1-30(2)26-12-13-27-32(4)19-25-24(31(32,3)16-17-34(27)21-33(26,34)15-14-28(30)36)11-10-23(38-25)18-29(37)35-20-22-8-6-5-7-9-22/h5-9,23-28,36H,10-21H2,1-4H3,(H,35,37)/t23?,24-,25?,26-,27?,28-,31+,32-,33+,34-/m0/s1. The Bertz CT molecular complexity index is 1100. The number of fused-ring (bicyclic) bond motifs is 4. The number of aliphatic hydroxyl groups excluding tert-OH is 1. The fourth-order valence-electron chi connectivity index (χ4n) is 12.1. The number of ether oxygens (including phenoxy) is 1. The van der Waals surface area contributed by atoms with Crippen molar-refractivity contribution in [3.05, 3.63) is 35.9 Å². The van der Waals surface area contributed by atoms with Crippen molar-refractivity contribution in [1.82, 2.24) is 5.32 Å². The van der Waals surface area contributed by atoms with E-state index in [1.165, 1.54) is 51.4 Å². The molecule has 2 N–H and O–H groups in total. The van der Waals surface area contributed by atoms with Gasteiger partial charge in [-0.15, -0.1) is 0 Å². The third-order valence-electron chi connectivity index (χ3n) is 14.2. The number of carbonyl (C=O) groups is 1. The first-order valence-electron chi connectivity index (χ1n) is 15.7. The molecule has 1 aromatic rings. The molecule has 1 saturated heterocycles. The SMILES string of the molecule is CC1(C)[C@@H](O)CC[C@]23C[C@]24CC[C@]2(C)[C@H]5CCC(CC(=O)NCc6ccccc6)OC5C[C@@]2(C)C4CC[C@@H]13. The summed E-state index contributed by atoms with van der Waals surface area (Å²) in [6.45, 7) is 10.6. The minimum Gasteiger partial charge on any atom is -0.393 e. The van der Waals surface area contributed by atoms with Crippen LogP contribution in [-0.2, 0) is 16.1 Å². The molecule has 0 aromatic heterocycles.